The van der Waals surface area contributed by atoms with Crippen molar-refractivity contribution in [3.05, 3.63) is 0 Å². The predicted octanol–water partition coefficient (Wildman–Crippen LogP) is 2.76. The van der Waals surface area contributed by atoms with Gasteiger partial charge < -0.3 is 4.74 Å². The van der Waals surface area contributed by atoms with Crippen LogP contribution in [-0.2, 0) is 9.53 Å². The highest BCUT2D eigenvalue weighted by Crippen LogP contribution is 2.25. The summed E-state index contributed by atoms with van der Waals surface area (Å²) in [6, 6.07) is 0. The Kier molecular flexibility index (Phi) is 4.29. The lowest BCUT2D eigenvalue weighted by atomic mass is 9.86. The summed E-state index contributed by atoms with van der Waals surface area (Å²) in [5.41, 5.74) is 0.0572. The summed E-state index contributed by atoms with van der Waals surface area (Å²) < 4.78 is 5.22. The molecule has 72 valence electrons. The van der Waals surface area contributed by atoms with E-state index in [1.807, 2.05) is 0 Å². The summed E-state index contributed by atoms with van der Waals surface area (Å²) >= 11 is 0. The van der Waals surface area contributed by atoms with Gasteiger partial charge in [-0.15, -0.1) is 0 Å². The molecule has 0 amide bonds. The molecule has 0 bridgehead atoms. The Labute approximate surface area is 75.3 Å². The molecule has 0 aliphatic carbocycles. The Balaban J connectivity index is 4.13. The SMILES string of the molecule is CCCC(OC(C)=O)C(C)(C)C. The number of hydrogen-bond acceptors (Lipinski definition) is 2. The minimum atomic E-state index is -0.177. The average Bonchev–Trinajstić information content (AvgIpc) is 1.83. The molecule has 0 aromatic carbocycles. The lowest BCUT2D eigenvalue weighted by Crippen LogP contribution is -2.30. The Bertz CT molecular complexity index is 144. The van der Waals surface area contributed by atoms with Gasteiger partial charge in [-0.2, -0.15) is 0 Å². The molecule has 0 spiro atoms. The predicted molar refractivity (Wildman–Crippen MR) is 49.9 cm³/mol. The van der Waals surface area contributed by atoms with Gasteiger partial charge in [-0.05, 0) is 11.8 Å². The van der Waals surface area contributed by atoms with Gasteiger partial charge in [-0.25, -0.2) is 0 Å². The van der Waals surface area contributed by atoms with Crippen molar-refractivity contribution in [2.24, 2.45) is 5.41 Å². The van der Waals surface area contributed by atoms with E-state index in [2.05, 4.69) is 27.7 Å². The van der Waals surface area contributed by atoms with Crippen LogP contribution in [0.15, 0.2) is 0 Å². The van der Waals surface area contributed by atoms with E-state index in [1.165, 1.54) is 6.92 Å². The second-order valence-corrected chi connectivity index (χ2v) is 4.25. The van der Waals surface area contributed by atoms with Crippen molar-refractivity contribution in [3.8, 4) is 0 Å². The topological polar surface area (TPSA) is 26.3 Å². The van der Waals surface area contributed by atoms with Crippen molar-refractivity contribution in [3.63, 3.8) is 0 Å². The maximum atomic E-state index is 10.8. The van der Waals surface area contributed by atoms with Gasteiger partial charge >= 0.3 is 5.97 Å². The maximum Gasteiger partial charge on any atom is 0.302 e. The normalized spacial score (nSPS) is 14.1. The van der Waals surface area contributed by atoms with Crippen molar-refractivity contribution >= 4 is 5.97 Å². The molecule has 0 radical (unpaired) electrons. The first kappa shape index (κ1) is 11.5. The number of rotatable bonds is 3. The molecule has 2 nitrogen and oxygen atoms in total. The molecule has 0 heterocycles. The van der Waals surface area contributed by atoms with E-state index < -0.39 is 0 Å². The van der Waals surface area contributed by atoms with Gasteiger partial charge in [-0.3, -0.25) is 4.79 Å². The molecule has 0 aromatic heterocycles. The van der Waals surface area contributed by atoms with Gasteiger partial charge in [0.2, 0.25) is 0 Å². The average molecular weight is 172 g/mol. The third-order valence-corrected chi connectivity index (χ3v) is 1.83. The first-order chi connectivity index (χ1) is 5.38. The molecule has 0 saturated heterocycles. The summed E-state index contributed by atoms with van der Waals surface area (Å²) in [5, 5.41) is 0. The second-order valence-electron chi connectivity index (χ2n) is 4.25. The molecule has 0 aromatic rings. The Morgan fingerprint density at radius 3 is 2.17 bits per heavy atom. The molecule has 0 N–H and O–H groups in total. The molecule has 0 fully saturated rings. The highest BCUT2D eigenvalue weighted by Gasteiger charge is 2.26. The van der Waals surface area contributed by atoms with Crippen molar-refractivity contribution in [2.45, 2.75) is 53.6 Å². The fourth-order valence-corrected chi connectivity index (χ4v) is 1.13. The molecule has 0 aliphatic rings. The highest BCUT2D eigenvalue weighted by molar-refractivity contribution is 5.66. The van der Waals surface area contributed by atoms with Crippen molar-refractivity contribution in [1.82, 2.24) is 0 Å². The molecule has 12 heavy (non-hydrogen) atoms. The van der Waals surface area contributed by atoms with E-state index in [4.69, 9.17) is 4.74 Å². The van der Waals surface area contributed by atoms with Gasteiger partial charge in [0, 0.05) is 6.92 Å². The highest BCUT2D eigenvalue weighted by atomic mass is 16.5. The van der Waals surface area contributed by atoms with Crippen LogP contribution < -0.4 is 0 Å². The van der Waals surface area contributed by atoms with Gasteiger partial charge in [0.05, 0.1) is 0 Å². The van der Waals surface area contributed by atoms with Gasteiger partial charge in [0.1, 0.15) is 6.10 Å². The van der Waals surface area contributed by atoms with Crippen LogP contribution in [-0.4, -0.2) is 12.1 Å². The Morgan fingerprint density at radius 2 is 1.92 bits per heavy atom. The van der Waals surface area contributed by atoms with Gasteiger partial charge in [-0.1, -0.05) is 34.1 Å². The van der Waals surface area contributed by atoms with E-state index in [1.54, 1.807) is 0 Å². The molecular weight excluding hydrogens is 152 g/mol. The van der Waals surface area contributed by atoms with Crippen molar-refractivity contribution in [2.75, 3.05) is 0 Å². The molecule has 1 unspecified atom stereocenters. The van der Waals surface area contributed by atoms with Crippen molar-refractivity contribution in [1.29, 1.82) is 0 Å². The zero-order valence-electron chi connectivity index (χ0n) is 8.81. The fourth-order valence-electron chi connectivity index (χ4n) is 1.13. The first-order valence-corrected chi connectivity index (χ1v) is 4.55. The van der Waals surface area contributed by atoms with E-state index in [0.717, 1.165) is 12.8 Å². The van der Waals surface area contributed by atoms with E-state index in [9.17, 15) is 4.79 Å². The lowest BCUT2D eigenvalue weighted by Gasteiger charge is -2.29. The fraction of sp³-hybridized carbons (Fsp3) is 0.900. The lowest BCUT2D eigenvalue weighted by molar-refractivity contribution is -0.152. The molecule has 1 atom stereocenters. The van der Waals surface area contributed by atoms with E-state index >= 15 is 0 Å². The van der Waals surface area contributed by atoms with Crippen LogP contribution in [0.5, 0.6) is 0 Å². The monoisotopic (exact) mass is 172 g/mol. The number of hydrogen-bond donors (Lipinski definition) is 0. The summed E-state index contributed by atoms with van der Waals surface area (Å²) in [7, 11) is 0. The van der Waals surface area contributed by atoms with Gasteiger partial charge in [0.15, 0.2) is 0 Å². The summed E-state index contributed by atoms with van der Waals surface area (Å²) in [5.74, 6) is -0.177. The van der Waals surface area contributed by atoms with Crippen LogP contribution in [0.25, 0.3) is 0 Å². The molecular formula is C10H20O2. The zero-order valence-corrected chi connectivity index (χ0v) is 8.81. The van der Waals surface area contributed by atoms with Crippen LogP contribution >= 0.6 is 0 Å². The van der Waals surface area contributed by atoms with E-state index in [0.29, 0.717) is 0 Å². The zero-order chi connectivity index (χ0) is 9.78. The van der Waals surface area contributed by atoms with Crippen LogP contribution in [0, 0.1) is 5.41 Å². The number of esters is 1. The Morgan fingerprint density at radius 1 is 1.42 bits per heavy atom. The molecule has 0 aliphatic heterocycles. The molecule has 0 saturated carbocycles. The summed E-state index contributed by atoms with van der Waals surface area (Å²) in [6.45, 7) is 9.85. The number of carbonyl (C=O) groups excluding carboxylic acids is 1. The molecule has 2 heteroatoms. The second kappa shape index (κ2) is 4.48. The maximum absolute atomic E-state index is 10.8. The van der Waals surface area contributed by atoms with Crippen molar-refractivity contribution < 1.29 is 9.53 Å². The number of carbonyl (C=O) groups is 1. The largest absolute Gasteiger partial charge is 0.462 e. The third kappa shape index (κ3) is 4.37. The first-order valence-electron chi connectivity index (χ1n) is 4.55. The summed E-state index contributed by atoms with van der Waals surface area (Å²) in [4.78, 5) is 10.8. The van der Waals surface area contributed by atoms with Crippen LogP contribution in [0.1, 0.15) is 47.5 Å². The minimum Gasteiger partial charge on any atom is -0.462 e. The van der Waals surface area contributed by atoms with E-state index in [-0.39, 0.29) is 17.5 Å². The minimum absolute atomic E-state index is 0.0556. The van der Waals surface area contributed by atoms with Crippen LogP contribution in [0.2, 0.25) is 0 Å². The summed E-state index contributed by atoms with van der Waals surface area (Å²) in [6.07, 6.45) is 2.05. The van der Waals surface area contributed by atoms with Crippen LogP contribution in [0.4, 0.5) is 0 Å². The smallest absolute Gasteiger partial charge is 0.302 e. The van der Waals surface area contributed by atoms with Gasteiger partial charge in [0.25, 0.3) is 0 Å². The quantitative estimate of drug-likeness (QED) is 0.612. The molecule has 0 rings (SSSR count). The number of ether oxygens (including phenoxy) is 1. The van der Waals surface area contributed by atoms with Crippen LogP contribution in [0.3, 0.4) is 0 Å². The third-order valence-electron chi connectivity index (χ3n) is 1.83. The standard InChI is InChI=1S/C10H20O2/c1-6-7-9(10(3,4)5)12-8(2)11/h9H,6-7H2,1-5H3. The Hall–Kier alpha value is -0.530.